The highest BCUT2D eigenvalue weighted by atomic mass is 16.5. The van der Waals surface area contributed by atoms with E-state index in [2.05, 4.69) is 15.4 Å². The highest BCUT2D eigenvalue weighted by molar-refractivity contribution is 6.08. The summed E-state index contributed by atoms with van der Waals surface area (Å²) in [6.07, 6.45) is 4.96. The number of hydrogen-bond donors (Lipinski definition) is 1. The Hall–Kier alpha value is -4.13. The first kappa shape index (κ1) is 19.2. The molecule has 0 aliphatic rings. The molecule has 0 aliphatic heterocycles. The van der Waals surface area contributed by atoms with E-state index in [1.807, 2.05) is 36.4 Å². The van der Waals surface area contributed by atoms with Crippen molar-refractivity contribution in [1.29, 1.82) is 0 Å². The maximum absolute atomic E-state index is 13.1. The van der Waals surface area contributed by atoms with Gasteiger partial charge >= 0.3 is 0 Å². The molecule has 0 saturated heterocycles. The third-order valence-electron chi connectivity index (χ3n) is 4.56. The minimum Gasteiger partial charge on any atom is -0.493 e. The van der Waals surface area contributed by atoms with Crippen LogP contribution in [-0.2, 0) is 0 Å². The fourth-order valence-electron chi connectivity index (χ4n) is 3.08. The van der Waals surface area contributed by atoms with Crippen molar-refractivity contribution in [2.24, 2.45) is 0 Å². The maximum Gasteiger partial charge on any atom is 0.259 e. The highest BCUT2D eigenvalue weighted by Crippen LogP contribution is 2.33. The number of pyridine rings is 1. The summed E-state index contributed by atoms with van der Waals surface area (Å²) in [7, 11) is 3.15. The zero-order chi connectivity index (χ0) is 20.9. The molecule has 0 fully saturated rings. The number of para-hydroxylation sites is 1. The lowest BCUT2D eigenvalue weighted by Crippen LogP contribution is -2.12. The van der Waals surface area contributed by atoms with Gasteiger partial charge in [-0.3, -0.25) is 9.78 Å². The molecule has 7 heteroatoms. The first-order valence-electron chi connectivity index (χ1n) is 9.28. The monoisotopic (exact) mass is 400 g/mol. The first-order chi connectivity index (χ1) is 14.7. The molecule has 2 aromatic carbocycles. The van der Waals surface area contributed by atoms with E-state index in [0.717, 1.165) is 11.3 Å². The molecule has 1 N–H and O–H groups in total. The van der Waals surface area contributed by atoms with Gasteiger partial charge in [-0.25, -0.2) is 4.68 Å². The largest absolute Gasteiger partial charge is 0.493 e. The molecule has 0 bridgehead atoms. The van der Waals surface area contributed by atoms with Gasteiger partial charge in [-0.2, -0.15) is 5.10 Å². The molecule has 4 rings (SSSR count). The fraction of sp³-hybridized carbons (Fsp3) is 0.0870. The lowest BCUT2D eigenvalue weighted by atomic mass is 10.1. The van der Waals surface area contributed by atoms with Crippen LogP contribution in [-0.4, -0.2) is 34.9 Å². The molecule has 0 aliphatic carbocycles. The third-order valence-corrected chi connectivity index (χ3v) is 4.56. The van der Waals surface area contributed by atoms with Crippen molar-refractivity contribution in [3.63, 3.8) is 0 Å². The molecular formula is C23H20N4O3. The van der Waals surface area contributed by atoms with Gasteiger partial charge in [-0.1, -0.05) is 18.2 Å². The molecule has 150 valence electrons. The summed E-state index contributed by atoms with van der Waals surface area (Å²) in [4.78, 5) is 17.1. The van der Waals surface area contributed by atoms with Crippen LogP contribution in [0.3, 0.4) is 0 Å². The average Bonchev–Trinajstić information content (AvgIpc) is 3.25. The van der Waals surface area contributed by atoms with Crippen LogP contribution in [0.15, 0.2) is 79.3 Å². The Bertz CT molecular complexity index is 1160. The quantitative estimate of drug-likeness (QED) is 0.525. The van der Waals surface area contributed by atoms with Crippen LogP contribution >= 0.6 is 0 Å². The Morgan fingerprint density at radius 3 is 2.47 bits per heavy atom. The number of anilines is 1. The smallest absolute Gasteiger partial charge is 0.259 e. The predicted molar refractivity (Wildman–Crippen MR) is 114 cm³/mol. The molecule has 4 aromatic rings. The highest BCUT2D eigenvalue weighted by Gasteiger charge is 2.20. The Kier molecular flexibility index (Phi) is 5.43. The number of aromatic nitrogens is 3. The second-order valence-corrected chi connectivity index (χ2v) is 6.44. The second kappa shape index (κ2) is 8.48. The molecule has 0 spiro atoms. The molecular weight excluding hydrogens is 380 g/mol. The number of carbonyl (C=O) groups excluding carboxylic acids is 1. The number of amides is 1. The van der Waals surface area contributed by atoms with Crippen molar-refractivity contribution < 1.29 is 14.3 Å². The molecule has 0 atom stereocenters. The van der Waals surface area contributed by atoms with Crippen LogP contribution in [0.4, 0.5) is 5.69 Å². The zero-order valence-electron chi connectivity index (χ0n) is 16.6. The van der Waals surface area contributed by atoms with E-state index < -0.39 is 0 Å². The van der Waals surface area contributed by atoms with Crippen molar-refractivity contribution >= 4 is 11.6 Å². The van der Waals surface area contributed by atoms with Crippen molar-refractivity contribution in [2.45, 2.75) is 0 Å². The predicted octanol–water partition coefficient (Wildman–Crippen LogP) is 4.20. The van der Waals surface area contributed by atoms with Gasteiger partial charge in [0.2, 0.25) is 0 Å². The van der Waals surface area contributed by atoms with E-state index in [4.69, 9.17) is 9.47 Å². The minimum absolute atomic E-state index is 0.282. The molecule has 1 amide bonds. The third kappa shape index (κ3) is 3.86. The van der Waals surface area contributed by atoms with E-state index in [-0.39, 0.29) is 5.91 Å². The number of carbonyl (C=O) groups is 1. The van der Waals surface area contributed by atoms with Crippen molar-refractivity contribution in [1.82, 2.24) is 14.8 Å². The van der Waals surface area contributed by atoms with Gasteiger partial charge < -0.3 is 14.8 Å². The summed E-state index contributed by atoms with van der Waals surface area (Å²) in [5.74, 6) is 0.878. The number of ether oxygens (including phenoxy) is 2. The summed E-state index contributed by atoms with van der Waals surface area (Å²) in [6, 6.07) is 18.6. The van der Waals surface area contributed by atoms with E-state index in [1.165, 1.54) is 0 Å². The van der Waals surface area contributed by atoms with Crippen molar-refractivity contribution in [3.8, 4) is 28.4 Å². The molecule has 0 radical (unpaired) electrons. The van der Waals surface area contributed by atoms with Gasteiger partial charge in [0.1, 0.15) is 5.69 Å². The second-order valence-electron chi connectivity index (χ2n) is 6.44. The standard InChI is InChI=1S/C23H20N4O3/c1-29-20-11-10-16(13-21(20)30-2)22-19(23(28)25-17-7-6-12-24-14-17)15-27(26-22)18-8-4-3-5-9-18/h3-15H,1-2H3,(H,25,28). The number of rotatable bonds is 6. The number of nitrogens with one attached hydrogen (secondary N) is 1. The number of hydrogen-bond acceptors (Lipinski definition) is 5. The molecule has 0 saturated carbocycles. The van der Waals surface area contributed by atoms with E-state index in [0.29, 0.717) is 28.4 Å². The summed E-state index contributed by atoms with van der Waals surface area (Å²) < 4.78 is 12.4. The van der Waals surface area contributed by atoms with Gasteiger partial charge in [-0.05, 0) is 42.5 Å². The Morgan fingerprint density at radius 1 is 0.967 bits per heavy atom. The molecule has 30 heavy (non-hydrogen) atoms. The first-order valence-corrected chi connectivity index (χ1v) is 9.28. The van der Waals surface area contributed by atoms with Crippen LogP contribution < -0.4 is 14.8 Å². The number of methoxy groups -OCH3 is 2. The fourth-order valence-corrected chi connectivity index (χ4v) is 3.08. The summed E-state index contributed by atoms with van der Waals surface area (Å²) in [6.45, 7) is 0. The van der Waals surface area contributed by atoms with Gasteiger partial charge in [0.15, 0.2) is 11.5 Å². The zero-order valence-corrected chi connectivity index (χ0v) is 16.6. The minimum atomic E-state index is -0.282. The van der Waals surface area contributed by atoms with Gasteiger partial charge in [0.25, 0.3) is 5.91 Å². The normalized spacial score (nSPS) is 10.5. The van der Waals surface area contributed by atoms with Gasteiger partial charge in [0.05, 0.1) is 37.4 Å². The van der Waals surface area contributed by atoms with Crippen LogP contribution in [0.2, 0.25) is 0 Å². The van der Waals surface area contributed by atoms with E-state index >= 15 is 0 Å². The Labute approximate surface area is 173 Å². The molecule has 2 aromatic heterocycles. The van der Waals surface area contributed by atoms with Gasteiger partial charge in [-0.15, -0.1) is 0 Å². The molecule has 0 unspecified atom stereocenters. The van der Waals surface area contributed by atoms with Crippen molar-refractivity contribution in [3.05, 3.63) is 84.8 Å². The average molecular weight is 400 g/mol. The van der Waals surface area contributed by atoms with E-state index in [9.17, 15) is 4.79 Å². The number of benzene rings is 2. The van der Waals surface area contributed by atoms with Crippen LogP contribution in [0.5, 0.6) is 11.5 Å². The Morgan fingerprint density at radius 2 is 1.77 bits per heavy atom. The summed E-state index contributed by atoms with van der Waals surface area (Å²) in [5, 5.41) is 7.56. The SMILES string of the molecule is COc1ccc(-c2nn(-c3ccccc3)cc2C(=O)Nc2cccnc2)cc1OC. The maximum atomic E-state index is 13.1. The van der Waals surface area contributed by atoms with Gasteiger partial charge in [0, 0.05) is 18.0 Å². The van der Waals surface area contributed by atoms with Crippen molar-refractivity contribution in [2.75, 3.05) is 19.5 Å². The summed E-state index contributed by atoms with van der Waals surface area (Å²) >= 11 is 0. The number of nitrogens with zero attached hydrogens (tertiary/aromatic N) is 3. The Balaban J connectivity index is 1.80. The molecule has 2 heterocycles. The van der Waals surface area contributed by atoms with Crippen LogP contribution in [0.1, 0.15) is 10.4 Å². The van der Waals surface area contributed by atoms with Crippen LogP contribution in [0.25, 0.3) is 16.9 Å². The lowest BCUT2D eigenvalue weighted by Gasteiger charge is -2.09. The summed E-state index contributed by atoms with van der Waals surface area (Å²) in [5.41, 5.74) is 3.14. The van der Waals surface area contributed by atoms with E-state index in [1.54, 1.807) is 61.8 Å². The topological polar surface area (TPSA) is 78.3 Å². The van der Waals surface area contributed by atoms with Crippen LogP contribution in [0, 0.1) is 0 Å². The lowest BCUT2D eigenvalue weighted by molar-refractivity contribution is 0.102. The molecule has 7 nitrogen and oxygen atoms in total.